The van der Waals surface area contributed by atoms with Crippen LogP contribution in [0.5, 0.6) is 0 Å². The van der Waals surface area contributed by atoms with Crippen LogP contribution in [0, 0.1) is 10.1 Å². The molecule has 1 fully saturated rings. The van der Waals surface area contributed by atoms with Crippen LogP contribution >= 0.6 is 0 Å². The van der Waals surface area contributed by atoms with Crippen LogP contribution < -0.4 is 10.6 Å². The third kappa shape index (κ3) is 3.49. The van der Waals surface area contributed by atoms with Crippen LogP contribution in [0.1, 0.15) is 0 Å². The molecule has 1 aromatic rings. The topological polar surface area (TPSA) is 87.5 Å². The molecule has 0 aliphatic carbocycles. The zero-order valence-electron chi connectivity index (χ0n) is 10.6. The summed E-state index contributed by atoms with van der Waals surface area (Å²) in [4.78, 5) is 23.8. The van der Waals surface area contributed by atoms with Gasteiger partial charge in [-0.15, -0.1) is 0 Å². The van der Waals surface area contributed by atoms with E-state index in [4.69, 9.17) is 0 Å². The van der Waals surface area contributed by atoms with Crippen LogP contribution in [-0.2, 0) is 4.79 Å². The van der Waals surface area contributed by atoms with Gasteiger partial charge in [-0.05, 0) is 19.2 Å². The molecule has 1 aliphatic rings. The summed E-state index contributed by atoms with van der Waals surface area (Å²) in [6, 6.07) is 6.20. The summed E-state index contributed by atoms with van der Waals surface area (Å²) < 4.78 is 0. The second kappa shape index (κ2) is 5.77. The van der Waals surface area contributed by atoms with Gasteiger partial charge in [0.15, 0.2) is 0 Å². The van der Waals surface area contributed by atoms with Crippen molar-refractivity contribution in [2.75, 3.05) is 32.0 Å². The molecule has 7 nitrogen and oxygen atoms in total. The van der Waals surface area contributed by atoms with Crippen LogP contribution in [0.15, 0.2) is 24.3 Å². The molecular weight excluding hydrogens is 248 g/mol. The Hall–Kier alpha value is -1.99. The van der Waals surface area contributed by atoms with Gasteiger partial charge >= 0.3 is 0 Å². The molecule has 102 valence electrons. The molecule has 0 bridgehead atoms. The Morgan fingerprint density at radius 1 is 1.47 bits per heavy atom. The predicted octanol–water partition coefficient (Wildman–Crippen LogP) is 0.437. The summed E-state index contributed by atoms with van der Waals surface area (Å²) in [5, 5.41) is 16.4. The Labute approximate surface area is 110 Å². The average molecular weight is 264 g/mol. The number of anilines is 1. The molecule has 0 atom stereocenters. The van der Waals surface area contributed by atoms with Gasteiger partial charge in [-0.25, -0.2) is 0 Å². The number of hydrogen-bond acceptors (Lipinski definition) is 5. The van der Waals surface area contributed by atoms with E-state index in [-0.39, 0.29) is 11.6 Å². The molecule has 1 saturated heterocycles. The van der Waals surface area contributed by atoms with Crippen molar-refractivity contribution in [2.45, 2.75) is 6.04 Å². The summed E-state index contributed by atoms with van der Waals surface area (Å²) in [7, 11) is 1.90. The van der Waals surface area contributed by atoms with Crippen LogP contribution in [0.2, 0.25) is 0 Å². The lowest BCUT2D eigenvalue weighted by Crippen LogP contribution is -2.57. The Bertz CT molecular complexity index is 470. The number of benzene rings is 1. The molecule has 1 aromatic carbocycles. The zero-order chi connectivity index (χ0) is 13.8. The maximum atomic E-state index is 11.8. The van der Waals surface area contributed by atoms with Gasteiger partial charge in [-0.2, -0.15) is 0 Å². The molecule has 2 N–H and O–H groups in total. The number of non-ortho nitro benzene ring substituents is 1. The first-order valence-electron chi connectivity index (χ1n) is 6.01. The molecule has 19 heavy (non-hydrogen) atoms. The summed E-state index contributed by atoms with van der Waals surface area (Å²) in [5.41, 5.74) is 0.575. The molecule has 7 heteroatoms. The summed E-state index contributed by atoms with van der Waals surface area (Å²) in [6.45, 7) is 2.12. The fraction of sp³-hybridized carbons (Fsp3) is 0.417. The van der Waals surface area contributed by atoms with Gasteiger partial charge in [-0.3, -0.25) is 19.8 Å². The van der Waals surface area contributed by atoms with E-state index >= 15 is 0 Å². The molecular formula is C12H16N4O3. The Kier molecular flexibility index (Phi) is 4.08. The van der Waals surface area contributed by atoms with Crippen molar-refractivity contribution in [2.24, 2.45) is 0 Å². The van der Waals surface area contributed by atoms with Crippen LogP contribution in [0.4, 0.5) is 11.4 Å². The van der Waals surface area contributed by atoms with Crippen molar-refractivity contribution >= 4 is 17.3 Å². The molecule has 0 saturated carbocycles. The largest absolute Gasteiger partial charge is 0.325 e. The smallest absolute Gasteiger partial charge is 0.269 e. The van der Waals surface area contributed by atoms with E-state index in [1.165, 1.54) is 24.3 Å². The Morgan fingerprint density at radius 2 is 2.11 bits per heavy atom. The highest BCUT2D eigenvalue weighted by Gasteiger charge is 2.22. The lowest BCUT2D eigenvalue weighted by atomic mass is 10.1. The molecule has 0 radical (unpaired) electrons. The van der Waals surface area contributed by atoms with E-state index in [0.717, 1.165) is 13.1 Å². The Balaban J connectivity index is 1.85. The van der Waals surface area contributed by atoms with Gasteiger partial charge in [0.1, 0.15) is 0 Å². The van der Waals surface area contributed by atoms with Crippen molar-refractivity contribution < 1.29 is 9.72 Å². The number of nitro groups is 1. The SMILES string of the molecule is CN(CC(=O)Nc1ccc([N+](=O)[O-])cc1)C1CNC1. The predicted molar refractivity (Wildman–Crippen MR) is 71.0 cm³/mol. The van der Waals surface area contributed by atoms with Crippen LogP contribution in [0.3, 0.4) is 0 Å². The summed E-state index contributed by atoms with van der Waals surface area (Å²) in [6.07, 6.45) is 0. The normalized spacial score (nSPS) is 15.1. The van der Waals surface area contributed by atoms with Crippen molar-refractivity contribution in [1.82, 2.24) is 10.2 Å². The maximum absolute atomic E-state index is 11.8. The molecule has 1 aliphatic heterocycles. The monoisotopic (exact) mass is 264 g/mol. The quantitative estimate of drug-likeness (QED) is 0.595. The minimum Gasteiger partial charge on any atom is -0.325 e. The highest BCUT2D eigenvalue weighted by molar-refractivity contribution is 5.92. The molecule has 1 heterocycles. The number of nitrogens with one attached hydrogen (secondary N) is 2. The van der Waals surface area contributed by atoms with Crippen molar-refractivity contribution in [3.63, 3.8) is 0 Å². The van der Waals surface area contributed by atoms with Gasteiger partial charge in [0, 0.05) is 37.0 Å². The molecule has 1 amide bonds. The lowest BCUT2D eigenvalue weighted by Gasteiger charge is -2.35. The van der Waals surface area contributed by atoms with E-state index in [1.807, 2.05) is 11.9 Å². The number of likely N-dealkylation sites (N-methyl/N-ethyl adjacent to an activating group) is 1. The first-order chi connectivity index (χ1) is 9.06. The van der Waals surface area contributed by atoms with E-state index in [9.17, 15) is 14.9 Å². The first-order valence-corrected chi connectivity index (χ1v) is 6.01. The number of carbonyl (C=O) groups excluding carboxylic acids is 1. The number of carbonyl (C=O) groups is 1. The number of nitro benzene ring substituents is 1. The minimum absolute atomic E-state index is 0.00987. The minimum atomic E-state index is -0.469. The second-order valence-electron chi connectivity index (χ2n) is 4.58. The van der Waals surface area contributed by atoms with Crippen molar-refractivity contribution in [3.8, 4) is 0 Å². The first kappa shape index (κ1) is 13.4. The summed E-state index contributed by atoms with van der Waals surface area (Å²) in [5.74, 6) is -0.122. The third-order valence-electron chi connectivity index (χ3n) is 3.14. The molecule has 2 rings (SSSR count). The fourth-order valence-corrected chi connectivity index (χ4v) is 1.81. The van der Waals surface area contributed by atoms with Gasteiger partial charge in [-0.1, -0.05) is 0 Å². The van der Waals surface area contributed by atoms with Gasteiger partial charge in [0.2, 0.25) is 5.91 Å². The average Bonchev–Trinajstić information content (AvgIpc) is 2.26. The standard InChI is InChI=1S/C12H16N4O3/c1-15(11-6-13-7-11)8-12(17)14-9-2-4-10(5-3-9)16(18)19/h2-5,11,13H,6-8H2,1H3,(H,14,17). The third-order valence-corrected chi connectivity index (χ3v) is 3.14. The van der Waals surface area contributed by atoms with Gasteiger partial charge in [0.25, 0.3) is 5.69 Å². The fourth-order valence-electron chi connectivity index (χ4n) is 1.81. The highest BCUT2D eigenvalue weighted by Crippen LogP contribution is 2.15. The van der Waals surface area contributed by atoms with E-state index in [1.54, 1.807) is 0 Å². The van der Waals surface area contributed by atoms with E-state index < -0.39 is 4.92 Å². The van der Waals surface area contributed by atoms with Crippen LogP contribution in [0.25, 0.3) is 0 Å². The number of nitrogens with zero attached hydrogens (tertiary/aromatic N) is 2. The summed E-state index contributed by atoms with van der Waals surface area (Å²) >= 11 is 0. The number of amides is 1. The lowest BCUT2D eigenvalue weighted by molar-refractivity contribution is -0.384. The highest BCUT2D eigenvalue weighted by atomic mass is 16.6. The maximum Gasteiger partial charge on any atom is 0.269 e. The molecule has 0 spiro atoms. The second-order valence-corrected chi connectivity index (χ2v) is 4.58. The number of rotatable bonds is 5. The van der Waals surface area contributed by atoms with Gasteiger partial charge in [0.05, 0.1) is 11.5 Å². The zero-order valence-corrected chi connectivity index (χ0v) is 10.6. The van der Waals surface area contributed by atoms with E-state index in [2.05, 4.69) is 10.6 Å². The van der Waals surface area contributed by atoms with Crippen molar-refractivity contribution in [1.29, 1.82) is 0 Å². The molecule has 0 aromatic heterocycles. The van der Waals surface area contributed by atoms with Gasteiger partial charge < -0.3 is 10.6 Å². The van der Waals surface area contributed by atoms with Crippen molar-refractivity contribution in [3.05, 3.63) is 34.4 Å². The molecule has 0 unspecified atom stereocenters. The Morgan fingerprint density at radius 3 is 2.58 bits per heavy atom. The number of hydrogen-bond donors (Lipinski definition) is 2. The van der Waals surface area contributed by atoms with Crippen LogP contribution in [-0.4, -0.2) is 48.5 Å². The van der Waals surface area contributed by atoms with E-state index in [0.29, 0.717) is 18.3 Å².